The van der Waals surface area contributed by atoms with E-state index in [1.807, 2.05) is 50.4 Å². The lowest BCUT2D eigenvalue weighted by atomic mass is 10.1. The van der Waals surface area contributed by atoms with Gasteiger partial charge in [0.25, 0.3) is 5.91 Å². The number of para-hydroxylation sites is 1. The Morgan fingerprint density at radius 1 is 0.960 bits per heavy atom. The zero-order chi connectivity index (χ0) is 18.1. The molecule has 0 bridgehead atoms. The molecule has 0 aliphatic carbocycles. The molecular formula is C19H24N4O2. The van der Waals surface area contributed by atoms with Gasteiger partial charge in [-0.25, -0.2) is 4.79 Å². The number of aryl methyl sites for hydroxylation is 1. The monoisotopic (exact) mass is 340 g/mol. The second kappa shape index (κ2) is 9.44. The molecule has 2 rings (SSSR count). The molecule has 25 heavy (non-hydrogen) atoms. The first-order valence-corrected chi connectivity index (χ1v) is 8.26. The third kappa shape index (κ3) is 5.93. The van der Waals surface area contributed by atoms with Gasteiger partial charge in [0.1, 0.15) is 0 Å². The van der Waals surface area contributed by atoms with Crippen molar-refractivity contribution in [3.05, 3.63) is 59.7 Å². The molecule has 0 saturated carbocycles. The van der Waals surface area contributed by atoms with Crippen LogP contribution in [0, 0.1) is 6.92 Å². The fourth-order valence-corrected chi connectivity index (χ4v) is 2.27. The van der Waals surface area contributed by atoms with Crippen molar-refractivity contribution in [1.82, 2.24) is 10.6 Å². The van der Waals surface area contributed by atoms with Crippen molar-refractivity contribution < 1.29 is 9.59 Å². The minimum absolute atomic E-state index is 0.150. The number of hydrogen-bond acceptors (Lipinski definition) is 3. The lowest BCUT2D eigenvalue weighted by Crippen LogP contribution is -2.27. The minimum atomic E-state index is -0.346. The molecule has 0 aromatic heterocycles. The maximum Gasteiger partial charge on any atom is 0.323 e. The Bertz CT molecular complexity index is 717. The Balaban J connectivity index is 1.98. The summed E-state index contributed by atoms with van der Waals surface area (Å²) in [5.41, 5.74) is 2.72. The Kier molecular flexibility index (Phi) is 6.98. The first kappa shape index (κ1) is 18.5. The fourth-order valence-electron chi connectivity index (χ4n) is 2.27. The average Bonchev–Trinajstić information content (AvgIpc) is 2.61. The molecule has 0 aliphatic heterocycles. The molecule has 0 spiro atoms. The number of urea groups is 1. The zero-order valence-corrected chi connectivity index (χ0v) is 14.6. The molecule has 2 aromatic rings. The van der Waals surface area contributed by atoms with Crippen LogP contribution in [-0.2, 0) is 0 Å². The van der Waals surface area contributed by atoms with Crippen LogP contribution in [0.25, 0.3) is 0 Å². The Hall–Kier alpha value is -2.86. The molecule has 0 fully saturated rings. The highest BCUT2D eigenvalue weighted by Gasteiger charge is 2.10. The summed E-state index contributed by atoms with van der Waals surface area (Å²) in [6.45, 7) is 3.33. The lowest BCUT2D eigenvalue weighted by Gasteiger charge is -2.12. The molecule has 6 nitrogen and oxygen atoms in total. The summed E-state index contributed by atoms with van der Waals surface area (Å²) in [4.78, 5) is 24.3. The van der Waals surface area contributed by atoms with E-state index in [2.05, 4.69) is 21.3 Å². The van der Waals surface area contributed by atoms with Gasteiger partial charge in [0.2, 0.25) is 0 Å². The van der Waals surface area contributed by atoms with Crippen LogP contribution in [0.1, 0.15) is 22.3 Å². The van der Waals surface area contributed by atoms with E-state index in [4.69, 9.17) is 0 Å². The maximum atomic E-state index is 12.2. The summed E-state index contributed by atoms with van der Waals surface area (Å²) in [6.07, 6.45) is 0.860. The highest BCUT2D eigenvalue weighted by molar-refractivity contribution is 6.02. The Labute approximate surface area is 148 Å². The van der Waals surface area contributed by atoms with Crippen LogP contribution in [0.15, 0.2) is 48.5 Å². The molecule has 0 unspecified atom stereocenters. The first-order chi connectivity index (χ1) is 12.1. The van der Waals surface area contributed by atoms with E-state index in [-0.39, 0.29) is 11.9 Å². The number of carbonyl (C=O) groups excluding carboxylic acids is 2. The van der Waals surface area contributed by atoms with E-state index in [0.717, 1.165) is 18.5 Å². The van der Waals surface area contributed by atoms with Gasteiger partial charge in [-0.1, -0.05) is 24.3 Å². The molecule has 0 aliphatic rings. The second-order valence-electron chi connectivity index (χ2n) is 5.69. The molecule has 132 valence electrons. The number of rotatable bonds is 7. The quantitative estimate of drug-likeness (QED) is 0.585. The van der Waals surface area contributed by atoms with Crippen LogP contribution < -0.4 is 21.3 Å². The summed E-state index contributed by atoms with van der Waals surface area (Å²) in [5, 5.41) is 11.4. The van der Waals surface area contributed by atoms with Gasteiger partial charge in [-0.15, -0.1) is 0 Å². The van der Waals surface area contributed by atoms with Crippen molar-refractivity contribution in [2.45, 2.75) is 13.3 Å². The van der Waals surface area contributed by atoms with Gasteiger partial charge in [-0.05, 0) is 56.8 Å². The number of amides is 3. The van der Waals surface area contributed by atoms with Gasteiger partial charge in [0.15, 0.2) is 0 Å². The highest BCUT2D eigenvalue weighted by atomic mass is 16.2. The second-order valence-corrected chi connectivity index (χ2v) is 5.69. The number of carbonyl (C=O) groups is 2. The molecule has 2 aromatic carbocycles. The van der Waals surface area contributed by atoms with Gasteiger partial charge >= 0.3 is 6.03 Å². The molecule has 3 amide bonds. The average molecular weight is 340 g/mol. The van der Waals surface area contributed by atoms with E-state index in [1.165, 1.54) is 0 Å². The van der Waals surface area contributed by atoms with Crippen molar-refractivity contribution in [1.29, 1.82) is 0 Å². The van der Waals surface area contributed by atoms with E-state index in [1.54, 1.807) is 12.1 Å². The Morgan fingerprint density at radius 2 is 1.72 bits per heavy atom. The number of nitrogens with one attached hydrogen (secondary N) is 4. The molecule has 0 radical (unpaired) electrons. The van der Waals surface area contributed by atoms with Crippen LogP contribution in [0.5, 0.6) is 0 Å². The van der Waals surface area contributed by atoms with Crippen LogP contribution in [0.2, 0.25) is 0 Å². The summed E-state index contributed by atoms with van der Waals surface area (Å²) >= 11 is 0. The van der Waals surface area contributed by atoms with Crippen molar-refractivity contribution in [2.75, 3.05) is 30.8 Å². The third-order valence-corrected chi connectivity index (χ3v) is 3.67. The highest BCUT2D eigenvalue weighted by Crippen LogP contribution is 2.17. The smallest absolute Gasteiger partial charge is 0.323 e. The molecule has 0 atom stereocenters. The van der Waals surface area contributed by atoms with Crippen molar-refractivity contribution >= 4 is 23.3 Å². The standard InChI is InChI=1S/C19H24N4O2/c1-14-9-10-15(18(24)21-12-6-11-20-2)13-17(14)23-19(25)22-16-7-4-3-5-8-16/h3-5,7-10,13,20H,6,11-12H2,1-2H3,(H,21,24)(H2,22,23,25). The lowest BCUT2D eigenvalue weighted by molar-refractivity contribution is 0.0953. The predicted molar refractivity (Wildman–Crippen MR) is 101 cm³/mol. The van der Waals surface area contributed by atoms with Gasteiger partial charge in [-0.2, -0.15) is 0 Å². The van der Waals surface area contributed by atoms with Crippen molar-refractivity contribution in [3.8, 4) is 0 Å². The van der Waals surface area contributed by atoms with Crippen LogP contribution in [0.3, 0.4) is 0 Å². The van der Waals surface area contributed by atoms with E-state index < -0.39 is 0 Å². The third-order valence-electron chi connectivity index (χ3n) is 3.67. The van der Waals surface area contributed by atoms with Crippen LogP contribution in [-0.4, -0.2) is 32.1 Å². The summed E-state index contributed by atoms with van der Waals surface area (Å²) in [7, 11) is 1.88. The topological polar surface area (TPSA) is 82.3 Å². The molecule has 4 N–H and O–H groups in total. The largest absolute Gasteiger partial charge is 0.352 e. The van der Waals surface area contributed by atoms with Crippen LogP contribution in [0.4, 0.5) is 16.2 Å². The molecular weight excluding hydrogens is 316 g/mol. The van der Waals surface area contributed by atoms with E-state index >= 15 is 0 Å². The SMILES string of the molecule is CNCCCNC(=O)c1ccc(C)c(NC(=O)Nc2ccccc2)c1. The summed E-state index contributed by atoms with van der Waals surface area (Å²) < 4.78 is 0. The summed E-state index contributed by atoms with van der Waals surface area (Å²) in [6, 6.07) is 14.1. The number of anilines is 2. The van der Waals surface area contributed by atoms with Gasteiger partial charge < -0.3 is 21.3 Å². The van der Waals surface area contributed by atoms with E-state index in [0.29, 0.717) is 23.5 Å². The van der Waals surface area contributed by atoms with Gasteiger partial charge in [0.05, 0.1) is 0 Å². The van der Waals surface area contributed by atoms with E-state index in [9.17, 15) is 9.59 Å². The van der Waals surface area contributed by atoms with Gasteiger partial charge in [-0.3, -0.25) is 4.79 Å². The number of benzene rings is 2. The van der Waals surface area contributed by atoms with Crippen molar-refractivity contribution in [3.63, 3.8) is 0 Å². The molecule has 0 saturated heterocycles. The molecule has 0 heterocycles. The van der Waals surface area contributed by atoms with Gasteiger partial charge in [0, 0.05) is 23.5 Å². The molecule has 6 heteroatoms. The maximum absolute atomic E-state index is 12.2. The van der Waals surface area contributed by atoms with Crippen molar-refractivity contribution in [2.24, 2.45) is 0 Å². The first-order valence-electron chi connectivity index (χ1n) is 8.26. The summed E-state index contributed by atoms with van der Waals surface area (Å²) in [5.74, 6) is -0.150. The normalized spacial score (nSPS) is 10.2. The number of hydrogen-bond donors (Lipinski definition) is 4. The minimum Gasteiger partial charge on any atom is -0.352 e. The predicted octanol–water partition coefficient (Wildman–Crippen LogP) is 2.98. The Morgan fingerprint density at radius 3 is 2.44 bits per heavy atom. The fraction of sp³-hybridized carbons (Fsp3) is 0.263. The zero-order valence-electron chi connectivity index (χ0n) is 14.6. The van der Waals surface area contributed by atoms with Crippen LogP contribution >= 0.6 is 0 Å².